The molecule has 2 aliphatic rings. The van der Waals surface area contributed by atoms with Gasteiger partial charge in [0.05, 0.1) is 6.61 Å². The van der Waals surface area contributed by atoms with Crippen molar-refractivity contribution in [2.75, 3.05) is 19.8 Å². The molecule has 3 rings (SSSR count). The Morgan fingerprint density at radius 1 is 1.42 bits per heavy atom. The van der Waals surface area contributed by atoms with Crippen LogP contribution in [0, 0.1) is 5.92 Å². The standard InChI is InChI=1S/C14H18N2O3/c17-13-8-10(3-5-15-13)14(18)16-6-1-2-11-9-19-7-4-12(11)16/h3,5,8,11-12H,1-2,4,6-7,9H2,(H,15,17). The lowest BCUT2D eigenvalue weighted by Gasteiger charge is -2.43. The fourth-order valence-corrected chi connectivity index (χ4v) is 3.16. The number of aromatic amines is 1. The highest BCUT2D eigenvalue weighted by Crippen LogP contribution is 2.30. The number of carbonyl (C=O) groups is 1. The van der Waals surface area contributed by atoms with Gasteiger partial charge in [-0.25, -0.2) is 0 Å². The van der Waals surface area contributed by atoms with E-state index in [4.69, 9.17) is 4.74 Å². The van der Waals surface area contributed by atoms with Crippen LogP contribution < -0.4 is 5.56 Å². The average Bonchev–Trinajstić information content (AvgIpc) is 2.46. The van der Waals surface area contributed by atoms with Gasteiger partial charge in [-0.2, -0.15) is 0 Å². The van der Waals surface area contributed by atoms with Crippen LogP contribution in [0.1, 0.15) is 29.6 Å². The number of hydrogen-bond donors (Lipinski definition) is 1. The number of amides is 1. The number of fused-ring (bicyclic) bond motifs is 1. The zero-order chi connectivity index (χ0) is 13.2. The van der Waals surface area contributed by atoms with Crippen molar-refractivity contribution in [1.82, 2.24) is 9.88 Å². The summed E-state index contributed by atoms with van der Waals surface area (Å²) in [5.41, 5.74) is 0.252. The Morgan fingerprint density at radius 2 is 2.32 bits per heavy atom. The normalized spacial score (nSPS) is 26.8. The summed E-state index contributed by atoms with van der Waals surface area (Å²) in [4.78, 5) is 28.3. The summed E-state index contributed by atoms with van der Waals surface area (Å²) in [6.45, 7) is 2.26. The van der Waals surface area contributed by atoms with Crippen LogP contribution >= 0.6 is 0 Å². The van der Waals surface area contributed by atoms with Crippen LogP contribution in [0.4, 0.5) is 0 Å². The topological polar surface area (TPSA) is 62.4 Å². The zero-order valence-corrected chi connectivity index (χ0v) is 10.8. The third-order valence-corrected chi connectivity index (χ3v) is 4.09. The highest BCUT2D eigenvalue weighted by molar-refractivity contribution is 5.94. The van der Waals surface area contributed by atoms with Gasteiger partial charge in [0.25, 0.3) is 5.91 Å². The first-order chi connectivity index (χ1) is 9.25. The third kappa shape index (κ3) is 2.42. The molecule has 102 valence electrons. The average molecular weight is 262 g/mol. The molecule has 0 aromatic carbocycles. The van der Waals surface area contributed by atoms with E-state index in [1.165, 1.54) is 12.3 Å². The van der Waals surface area contributed by atoms with Gasteiger partial charge in [0.15, 0.2) is 0 Å². The molecule has 0 spiro atoms. The maximum Gasteiger partial charge on any atom is 0.254 e. The minimum absolute atomic E-state index is 0.0253. The molecule has 2 unspecified atom stereocenters. The highest BCUT2D eigenvalue weighted by Gasteiger charge is 2.36. The second kappa shape index (κ2) is 5.17. The number of piperidine rings is 1. The molecule has 0 bridgehead atoms. The van der Waals surface area contributed by atoms with Gasteiger partial charge in [0, 0.05) is 42.9 Å². The van der Waals surface area contributed by atoms with E-state index in [0.29, 0.717) is 11.5 Å². The number of H-pyrrole nitrogens is 1. The summed E-state index contributed by atoms with van der Waals surface area (Å²) in [5.74, 6) is 0.427. The lowest BCUT2D eigenvalue weighted by Crippen LogP contribution is -2.52. The highest BCUT2D eigenvalue weighted by atomic mass is 16.5. The number of nitrogens with zero attached hydrogens (tertiary/aromatic N) is 1. The first-order valence-corrected chi connectivity index (χ1v) is 6.83. The Bertz CT molecular complexity index is 523. The summed E-state index contributed by atoms with van der Waals surface area (Å²) < 4.78 is 5.50. The van der Waals surface area contributed by atoms with Crippen LogP contribution in [0.2, 0.25) is 0 Å². The van der Waals surface area contributed by atoms with Crippen molar-refractivity contribution in [3.8, 4) is 0 Å². The lowest BCUT2D eigenvalue weighted by molar-refractivity contribution is -0.0271. The van der Waals surface area contributed by atoms with Crippen molar-refractivity contribution in [3.63, 3.8) is 0 Å². The van der Waals surface area contributed by atoms with Gasteiger partial charge in [-0.15, -0.1) is 0 Å². The fraction of sp³-hybridized carbons (Fsp3) is 0.571. The molecule has 0 radical (unpaired) electrons. The molecule has 1 amide bonds. The van der Waals surface area contributed by atoms with Gasteiger partial charge >= 0.3 is 0 Å². The lowest BCUT2D eigenvalue weighted by atomic mass is 9.86. The van der Waals surface area contributed by atoms with Crippen molar-refractivity contribution in [1.29, 1.82) is 0 Å². The maximum atomic E-state index is 12.5. The Kier molecular flexibility index (Phi) is 3.38. The Morgan fingerprint density at radius 3 is 3.16 bits per heavy atom. The smallest absolute Gasteiger partial charge is 0.254 e. The van der Waals surface area contributed by atoms with E-state index in [1.807, 2.05) is 4.90 Å². The van der Waals surface area contributed by atoms with Crippen LogP contribution in [-0.4, -0.2) is 41.6 Å². The van der Waals surface area contributed by atoms with E-state index in [9.17, 15) is 9.59 Å². The van der Waals surface area contributed by atoms with Crippen LogP contribution in [0.25, 0.3) is 0 Å². The van der Waals surface area contributed by atoms with Crippen molar-refractivity contribution < 1.29 is 9.53 Å². The molecule has 2 fully saturated rings. The first-order valence-electron chi connectivity index (χ1n) is 6.83. The van der Waals surface area contributed by atoms with Crippen LogP contribution in [0.15, 0.2) is 23.1 Å². The largest absolute Gasteiger partial charge is 0.381 e. The van der Waals surface area contributed by atoms with Gasteiger partial charge in [-0.1, -0.05) is 0 Å². The van der Waals surface area contributed by atoms with Gasteiger partial charge in [0.1, 0.15) is 0 Å². The van der Waals surface area contributed by atoms with Gasteiger partial charge in [0.2, 0.25) is 5.56 Å². The molecule has 0 saturated carbocycles. The monoisotopic (exact) mass is 262 g/mol. The number of carbonyl (C=O) groups excluding carboxylic acids is 1. The van der Waals surface area contributed by atoms with Crippen LogP contribution in [0.3, 0.4) is 0 Å². The number of nitrogens with one attached hydrogen (secondary N) is 1. The second-order valence-corrected chi connectivity index (χ2v) is 5.27. The molecule has 2 atom stereocenters. The zero-order valence-electron chi connectivity index (χ0n) is 10.8. The van der Waals surface area contributed by atoms with Crippen LogP contribution in [0.5, 0.6) is 0 Å². The van der Waals surface area contributed by atoms with Crippen molar-refractivity contribution in [3.05, 3.63) is 34.2 Å². The first kappa shape index (κ1) is 12.4. The minimum atomic E-state index is -0.230. The fourth-order valence-electron chi connectivity index (χ4n) is 3.16. The molecule has 2 saturated heterocycles. The molecule has 1 N–H and O–H groups in total. The minimum Gasteiger partial charge on any atom is -0.381 e. The van der Waals surface area contributed by atoms with E-state index in [2.05, 4.69) is 4.98 Å². The SMILES string of the molecule is O=C(c1cc[nH]c(=O)c1)N1CCCC2COCCC21. The molecule has 3 heterocycles. The Balaban J connectivity index is 1.83. The molecule has 5 heteroatoms. The summed E-state index contributed by atoms with van der Waals surface area (Å²) >= 11 is 0. The van der Waals surface area contributed by atoms with Crippen LogP contribution in [-0.2, 0) is 4.74 Å². The predicted octanol–water partition coefficient (Wildman–Crippen LogP) is 1.02. The Labute approximate surface area is 111 Å². The third-order valence-electron chi connectivity index (χ3n) is 4.09. The Hall–Kier alpha value is -1.62. The molecule has 19 heavy (non-hydrogen) atoms. The van der Waals surface area contributed by atoms with E-state index in [0.717, 1.165) is 39.0 Å². The number of pyridine rings is 1. The van der Waals surface area contributed by atoms with Crippen molar-refractivity contribution in [2.45, 2.75) is 25.3 Å². The van der Waals surface area contributed by atoms with Crippen molar-refractivity contribution in [2.24, 2.45) is 5.92 Å². The summed E-state index contributed by atoms with van der Waals surface area (Å²) in [6.07, 6.45) is 4.57. The van der Waals surface area contributed by atoms with E-state index in [-0.39, 0.29) is 17.5 Å². The maximum absolute atomic E-state index is 12.5. The quantitative estimate of drug-likeness (QED) is 0.821. The number of ether oxygens (including phenoxy) is 1. The molecular formula is C14H18N2O3. The van der Waals surface area contributed by atoms with Gasteiger partial charge in [-0.05, 0) is 25.3 Å². The molecule has 0 aliphatic carbocycles. The van der Waals surface area contributed by atoms with Gasteiger partial charge in [-0.3, -0.25) is 9.59 Å². The number of hydrogen-bond acceptors (Lipinski definition) is 3. The van der Waals surface area contributed by atoms with E-state index in [1.54, 1.807) is 6.07 Å². The second-order valence-electron chi connectivity index (χ2n) is 5.27. The van der Waals surface area contributed by atoms with E-state index < -0.39 is 0 Å². The summed E-state index contributed by atoms with van der Waals surface area (Å²) in [7, 11) is 0. The van der Waals surface area contributed by atoms with Crippen molar-refractivity contribution >= 4 is 5.91 Å². The molecule has 5 nitrogen and oxygen atoms in total. The number of likely N-dealkylation sites (tertiary alicyclic amines) is 1. The predicted molar refractivity (Wildman–Crippen MR) is 70.0 cm³/mol. The molecule has 1 aromatic rings. The molecular weight excluding hydrogens is 244 g/mol. The molecule has 2 aliphatic heterocycles. The number of aromatic nitrogens is 1. The van der Waals surface area contributed by atoms with E-state index >= 15 is 0 Å². The molecule has 1 aromatic heterocycles. The number of rotatable bonds is 1. The van der Waals surface area contributed by atoms with Gasteiger partial charge < -0.3 is 14.6 Å². The summed E-state index contributed by atoms with van der Waals surface area (Å²) in [5, 5.41) is 0. The summed E-state index contributed by atoms with van der Waals surface area (Å²) in [6, 6.07) is 3.33.